The van der Waals surface area contributed by atoms with E-state index in [0.717, 1.165) is 64.2 Å². The molecule has 1 unspecified atom stereocenters. The molecule has 0 N–H and O–H groups in total. The monoisotopic (exact) mass is 837 g/mol. The predicted molar refractivity (Wildman–Crippen MR) is 260 cm³/mol. The van der Waals surface area contributed by atoms with Crippen LogP contribution in [0.1, 0.15) is 149 Å². The molecule has 0 rings (SSSR count). The molecule has 0 aromatic carbocycles. The minimum Gasteiger partial charge on any atom is -0.462 e. The zero-order valence-electron chi connectivity index (χ0n) is 38.1. The molecule has 1 atom stereocenters. The molecular formula is C55H80O6. The van der Waals surface area contributed by atoms with Gasteiger partial charge in [0, 0.05) is 19.3 Å². The Morgan fingerprint density at radius 2 is 0.672 bits per heavy atom. The van der Waals surface area contributed by atoms with Crippen molar-refractivity contribution in [2.45, 2.75) is 155 Å². The summed E-state index contributed by atoms with van der Waals surface area (Å²) >= 11 is 0. The fourth-order valence-corrected chi connectivity index (χ4v) is 5.39. The predicted octanol–water partition coefficient (Wildman–Crippen LogP) is 15.1. The number of unbranched alkanes of at least 4 members (excludes halogenated alkanes) is 11. The largest absolute Gasteiger partial charge is 0.462 e. The van der Waals surface area contributed by atoms with E-state index in [1.807, 2.05) is 122 Å². The lowest BCUT2D eigenvalue weighted by atomic mass is 10.1. The number of allylic oxidation sites excluding steroid dienone is 26. The summed E-state index contributed by atoms with van der Waals surface area (Å²) in [5.74, 6) is -1.08. The number of hydrogen-bond donors (Lipinski definition) is 0. The molecule has 0 aromatic rings. The van der Waals surface area contributed by atoms with Crippen LogP contribution in [0.15, 0.2) is 158 Å². The van der Waals surface area contributed by atoms with Gasteiger partial charge in [0.1, 0.15) is 13.2 Å². The lowest BCUT2D eigenvalue weighted by Gasteiger charge is -2.18. The summed E-state index contributed by atoms with van der Waals surface area (Å²) in [5, 5.41) is 0. The van der Waals surface area contributed by atoms with E-state index in [1.54, 1.807) is 0 Å². The van der Waals surface area contributed by atoms with E-state index in [4.69, 9.17) is 14.2 Å². The molecular weight excluding hydrogens is 757 g/mol. The van der Waals surface area contributed by atoms with Crippen LogP contribution in [-0.4, -0.2) is 37.2 Å². The zero-order valence-corrected chi connectivity index (χ0v) is 38.1. The van der Waals surface area contributed by atoms with Crippen LogP contribution in [0.4, 0.5) is 0 Å². The van der Waals surface area contributed by atoms with Gasteiger partial charge in [-0.2, -0.15) is 0 Å². The normalized spacial score (nSPS) is 13.6. The molecule has 0 spiro atoms. The van der Waals surface area contributed by atoms with Crippen molar-refractivity contribution in [3.05, 3.63) is 158 Å². The van der Waals surface area contributed by atoms with Gasteiger partial charge in [-0.05, 0) is 77.0 Å². The lowest BCUT2D eigenvalue weighted by Crippen LogP contribution is -2.30. The Kier molecular flexibility index (Phi) is 43.8. The molecule has 0 radical (unpaired) electrons. The summed E-state index contributed by atoms with van der Waals surface area (Å²) in [6, 6.07) is 0. The summed E-state index contributed by atoms with van der Waals surface area (Å²) in [5.41, 5.74) is 0. The van der Waals surface area contributed by atoms with E-state index in [1.165, 1.54) is 25.7 Å². The Labute approximate surface area is 371 Å². The van der Waals surface area contributed by atoms with Crippen molar-refractivity contribution in [2.24, 2.45) is 0 Å². The van der Waals surface area contributed by atoms with Crippen LogP contribution in [0.2, 0.25) is 0 Å². The highest BCUT2D eigenvalue weighted by Gasteiger charge is 2.19. The molecule has 0 aliphatic rings. The number of esters is 3. The minimum atomic E-state index is -0.837. The SMILES string of the molecule is CC\C=C/C=C\C=C/C=C\C=C\C=C/CCCCCC(=O)OCC(COC(=O)CCC/C=C\CCCCCC)OC(=O)CCCCC\C=C/C=C/C=C\C=C/C=C\C=C/CC. The molecule has 61 heavy (non-hydrogen) atoms. The van der Waals surface area contributed by atoms with Gasteiger partial charge < -0.3 is 14.2 Å². The van der Waals surface area contributed by atoms with Crippen molar-refractivity contribution in [3.63, 3.8) is 0 Å². The Balaban J connectivity index is 4.62. The van der Waals surface area contributed by atoms with Crippen LogP contribution >= 0.6 is 0 Å². The van der Waals surface area contributed by atoms with E-state index in [0.29, 0.717) is 19.3 Å². The highest BCUT2D eigenvalue weighted by Crippen LogP contribution is 2.10. The average Bonchev–Trinajstić information content (AvgIpc) is 3.26. The van der Waals surface area contributed by atoms with E-state index in [9.17, 15) is 14.4 Å². The summed E-state index contributed by atoms with van der Waals surface area (Å²) in [6.45, 7) is 6.16. The van der Waals surface area contributed by atoms with Gasteiger partial charge in [0.2, 0.25) is 0 Å². The maximum Gasteiger partial charge on any atom is 0.306 e. The van der Waals surface area contributed by atoms with Gasteiger partial charge in [-0.25, -0.2) is 0 Å². The maximum absolute atomic E-state index is 12.7. The molecule has 0 aliphatic carbocycles. The Hall–Kier alpha value is -4.97. The summed E-state index contributed by atoms with van der Waals surface area (Å²) in [7, 11) is 0. The number of ether oxygens (including phenoxy) is 3. The molecule has 6 nitrogen and oxygen atoms in total. The van der Waals surface area contributed by atoms with Crippen LogP contribution in [0.3, 0.4) is 0 Å². The number of carbonyl (C=O) groups excluding carboxylic acids is 3. The van der Waals surface area contributed by atoms with Crippen molar-refractivity contribution >= 4 is 17.9 Å². The third-order valence-corrected chi connectivity index (χ3v) is 8.82. The molecule has 0 heterocycles. The Morgan fingerprint density at radius 3 is 1.08 bits per heavy atom. The van der Waals surface area contributed by atoms with Crippen LogP contribution in [0, 0.1) is 0 Å². The fourth-order valence-electron chi connectivity index (χ4n) is 5.39. The number of hydrogen-bond acceptors (Lipinski definition) is 6. The van der Waals surface area contributed by atoms with Gasteiger partial charge in [-0.15, -0.1) is 0 Å². The van der Waals surface area contributed by atoms with E-state index in [2.05, 4.69) is 57.2 Å². The van der Waals surface area contributed by atoms with Gasteiger partial charge in [-0.1, -0.05) is 211 Å². The first-order chi connectivity index (χ1) is 30.0. The average molecular weight is 837 g/mol. The number of carbonyl (C=O) groups is 3. The topological polar surface area (TPSA) is 78.9 Å². The van der Waals surface area contributed by atoms with E-state index >= 15 is 0 Å². The minimum absolute atomic E-state index is 0.135. The zero-order chi connectivity index (χ0) is 44.4. The molecule has 0 amide bonds. The molecule has 0 bridgehead atoms. The van der Waals surface area contributed by atoms with Gasteiger partial charge in [0.15, 0.2) is 6.10 Å². The summed E-state index contributed by atoms with van der Waals surface area (Å²) < 4.78 is 16.6. The fraction of sp³-hybridized carbons (Fsp3) is 0.473. The van der Waals surface area contributed by atoms with Crippen LogP contribution < -0.4 is 0 Å². The summed E-state index contributed by atoms with van der Waals surface area (Å²) in [6.07, 6.45) is 69.4. The van der Waals surface area contributed by atoms with Crippen LogP contribution in [0.5, 0.6) is 0 Å². The van der Waals surface area contributed by atoms with Gasteiger partial charge in [0.25, 0.3) is 0 Å². The Bertz CT molecular complexity index is 1470. The molecule has 0 saturated heterocycles. The third-order valence-electron chi connectivity index (χ3n) is 8.82. The smallest absolute Gasteiger partial charge is 0.306 e. The molecule has 0 saturated carbocycles. The van der Waals surface area contributed by atoms with Crippen molar-refractivity contribution in [1.29, 1.82) is 0 Å². The second kappa shape index (κ2) is 47.7. The summed E-state index contributed by atoms with van der Waals surface area (Å²) in [4.78, 5) is 37.8. The van der Waals surface area contributed by atoms with Gasteiger partial charge in [0.05, 0.1) is 0 Å². The molecule has 0 aliphatic heterocycles. The molecule has 0 fully saturated rings. The lowest BCUT2D eigenvalue weighted by molar-refractivity contribution is -0.167. The van der Waals surface area contributed by atoms with Crippen molar-refractivity contribution in [2.75, 3.05) is 13.2 Å². The Morgan fingerprint density at radius 1 is 0.344 bits per heavy atom. The van der Waals surface area contributed by atoms with Crippen molar-refractivity contribution in [1.82, 2.24) is 0 Å². The second-order valence-electron chi connectivity index (χ2n) is 14.5. The first-order valence-electron chi connectivity index (χ1n) is 23.2. The standard InChI is InChI=1S/C55H80O6/c1-4-7-10-13-16-19-21-23-25-27-29-31-33-36-39-42-45-48-54(57)60-51-52(50-59-53(56)47-44-41-38-35-18-15-12-9-6-3)61-55(58)49-46-43-40-37-34-32-30-28-26-24-22-20-17-14-11-8-5-2/h7-8,10-11,13-14,16-17,19-35,38,52H,4-6,9,12,15,18,36-37,39-51H2,1-3H3/b10-7-,11-8-,16-13-,17-14-,21-19-,22-20-,25-23-,26-24-,29-27+,30-28+,33-31-,34-32-,38-35-. The first kappa shape index (κ1) is 56.0. The third kappa shape index (κ3) is 46.0. The van der Waals surface area contributed by atoms with Gasteiger partial charge >= 0.3 is 17.9 Å². The first-order valence-corrected chi connectivity index (χ1v) is 23.2. The highest BCUT2D eigenvalue weighted by atomic mass is 16.6. The van der Waals surface area contributed by atoms with E-state index in [-0.39, 0.29) is 50.4 Å². The van der Waals surface area contributed by atoms with Crippen LogP contribution in [-0.2, 0) is 28.6 Å². The molecule has 0 aromatic heterocycles. The van der Waals surface area contributed by atoms with Crippen molar-refractivity contribution in [3.8, 4) is 0 Å². The van der Waals surface area contributed by atoms with Crippen LogP contribution in [0.25, 0.3) is 0 Å². The molecule has 336 valence electrons. The van der Waals surface area contributed by atoms with Gasteiger partial charge in [-0.3, -0.25) is 14.4 Å². The highest BCUT2D eigenvalue weighted by molar-refractivity contribution is 5.71. The second-order valence-corrected chi connectivity index (χ2v) is 14.5. The quantitative estimate of drug-likeness (QED) is 0.0203. The maximum atomic E-state index is 12.7. The molecule has 6 heteroatoms. The van der Waals surface area contributed by atoms with Crippen molar-refractivity contribution < 1.29 is 28.6 Å². The van der Waals surface area contributed by atoms with E-state index < -0.39 is 6.10 Å². The number of rotatable bonds is 38.